The SMILES string of the molecule is C=CCN(Cc1cccs1)Cn1[nH]c(-c2cc(Cl)ccc2OC)nc1=S. The Balaban J connectivity index is 1.86. The van der Waals surface area contributed by atoms with Crippen molar-refractivity contribution in [2.45, 2.75) is 13.2 Å². The molecule has 3 rings (SSSR count). The van der Waals surface area contributed by atoms with Crippen LogP contribution in [0.4, 0.5) is 0 Å². The zero-order valence-corrected chi connectivity index (χ0v) is 16.7. The van der Waals surface area contributed by atoms with E-state index in [1.54, 1.807) is 24.5 Å². The Morgan fingerprint density at radius 3 is 3.00 bits per heavy atom. The zero-order chi connectivity index (χ0) is 18.5. The predicted octanol–water partition coefficient (Wildman–Crippen LogP) is 4.98. The standard InChI is InChI=1S/C18H19ClN4OS2/c1-3-8-22(11-14-5-4-9-26-14)12-23-18(25)20-17(21-23)15-10-13(19)6-7-16(15)24-2/h3-7,9-10H,1,8,11-12H2,2H3,(H,20,21,25). The maximum absolute atomic E-state index is 6.13. The lowest BCUT2D eigenvalue weighted by atomic mass is 10.2. The number of aromatic amines is 1. The molecule has 5 nitrogen and oxygen atoms in total. The molecule has 1 aromatic carbocycles. The van der Waals surface area contributed by atoms with Crippen molar-refractivity contribution in [3.63, 3.8) is 0 Å². The molecule has 0 spiro atoms. The van der Waals surface area contributed by atoms with Crippen molar-refractivity contribution in [2.75, 3.05) is 13.7 Å². The highest BCUT2D eigenvalue weighted by molar-refractivity contribution is 7.71. The lowest BCUT2D eigenvalue weighted by molar-refractivity contribution is 0.221. The van der Waals surface area contributed by atoms with Gasteiger partial charge in [0.05, 0.1) is 19.3 Å². The molecule has 3 aromatic rings. The van der Waals surface area contributed by atoms with Crippen LogP contribution in [0.1, 0.15) is 4.88 Å². The van der Waals surface area contributed by atoms with E-state index in [1.807, 2.05) is 22.9 Å². The molecular formula is C18H19ClN4OS2. The molecule has 0 fully saturated rings. The summed E-state index contributed by atoms with van der Waals surface area (Å²) >= 11 is 13.3. The van der Waals surface area contributed by atoms with Crippen LogP contribution in [0.25, 0.3) is 11.4 Å². The number of methoxy groups -OCH3 is 1. The van der Waals surface area contributed by atoms with Gasteiger partial charge < -0.3 is 4.74 Å². The van der Waals surface area contributed by atoms with Crippen LogP contribution < -0.4 is 4.74 Å². The van der Waals surface area contributed by atoms with Crippen molar-refractivity contribution >= 4 is 35.2 Å². The van der Waals surface area contributed by atoms with Crippen LogP contribution in [0.5, 0.6) is 5.75 Å². The van der Waals surface area contributed by atoms with Crippen molar-refractivity contribution in [3.8, 4) is 17.1 Å². The molecule has 0 aliphatic carbocycles. The third-order valence-corrected chi connectivity index (χ3v) is 5.19. The third-order valence-electron chi connectivity index (χ3n) is 3.78. The van der Waals surface area contributed by atoms with Crippen molar-refractivity contribution in [1.82, 2.24) is 19.7 Å². The topological polar surface area (TPSA) is 46.1 Å². The summed E-state index contributed by atoms with van der Waals surface area (Å²) in [7, 11) is 1.62. The van der Waals surface area contributed by atoms with Gasteiger partial charge in [-0.2, -0.15) is 4.98 Å². The molecule has 136 valence electrons. The van der Waals surface area contributed by atoms with E-state index in [1.165, 1.54) is 4.88 Å². The van der Waals surface area contributed by atoms with Crippen molar-refractivity contribution in [1.29, 1.82) is 0 Å². The highest BCUT2D eigenvalue weighted by Crippen LogP contribution is 2.30. The number of halogens is 1. The number of hydrogen-bond donors (Lipinski definition) is 1. The number of thiophene rings is 1. The molecule has 0 bridgehead atoms. The highest BCUT2D eigenvalue weighted by Gasteiger charge is 2.13. The van der Waals surface area contributed by atoms with Gasteiger partial charge in [0.25, 0.3) is 0 Å². The van der Waals surface area contributed by atoms with Gasteiger partial charge in [-0.05, 0) is 41.9 Å². The maximum atomic E-state index is 6.13. The van der Waals surface area contributed by atoms with Crippen molar-refractivity contribution in [3.05, 3.63) is 63.0 Å². The minimum Gasteiger partial charge on any atom is -0.496 e. The normalized spacial score (nSPS) is 11.0. The molecule has 2 heterocycles. The molecule has 0 saturated carbocycles. The Bertz CT molecular complexity index is 933. The quantitative estimate of drug-likeness (QED) is 0.423. The van der Waals surface area contributed by atoms with Gasteiger partial charge in [-0.3, -0.25) is 10.00 Å². The number of nitrogens with zero attached hydrogens (tertiary/aromatic N) is 3. The summed E-state index contributed by atoms with van der Waals surface area (Å²) < 4.78 is 7.72. The van der Waals surface area contributed by atoms with Crippen molar-refractivity contribution < 1.29 is 4.74 Å². The Morgan fingerprint density at radius 2 is 2.31 bits per heavy atom. The number of aromatic nitrogens is 3. The van der Waals surface area contributed by atoms with Gasteiger partial charge in [0, 0.05) is 23.0 Å². The van der Waals surface area contributed by atoms with E-state index in [-0.39, 0.29) is 0 Å². The van der Waals surface area contributed by atoms with Crippen molar-refractivity contribution in [2.24, 2.45) is 0 Å². The van der Waals surface area contributed by atoms with E-state index in [4.69, 9.17) is 28.6 Å². The van der Waals surface area contributed by atoms with E-state index in [0.717, 1.165) is 18.7 Å². The van der Waals surface area contributed by atoms with E-state index in [9.17, 15) is 0 Å². The second-order valence-corrected chi connectivity index (χ2v) is 7.48. The van der Waals surface area contributed by atoms with Gasteiger partial charge in [-0.25, -0.2) is 4.68 Å². The zero-order valence-electron chi connectivity index (χ0n) is 14.3. The van der Waals surface area contributed by atoms with Gasteiger partial charge in [0.2, 0.25) is 4.77 Å². The van der Waals surface area contributed by atoms with E-state index in [2.05, 4.69) is 39.1 Å². The van der Waals surface area contributed by atoms with Gasteiger partial charge in [0.1, 0.15) is 5.75 Å². The summed E-state index contributed by atoms with van der Waals surface area (Å²) in [5.41, 5.74) is 0.776. The lowest BCUT2D eigenvalue weighted by Gasteiger charge is -2.20. The lowest BCUT2D eigenvalue weighted by Crippen LogP contribution is -2.26. The van der Waals surface area contributed by atoms with Gasteiger partial charge >= 0.3 is 0 Å². The number of benzene rings is 1. The first kappa shape index (κ1) is 18.8. The van der Waals surface area contributed by atoms with Crippen LogP contribution >= 0.6 is 35.2 Å². The number of ether oxygens (including phenoxy) is 1. The van der Waals surface area contributed by atoms with Crippen LogP contribution in [0.3, 0.4) is 0 Å². The molecule has 0 radical (unpaired) electrons. The van der Waals surface area contributed by atoms with Crippen LogP contribution in [0.2, 0.25) is 5.02 Å². The highest BCUT2D eigenvalue weighted by atomic mass is 35.5. The van der Waals surface area contributed by atoms with Crippen LogP contribution in [0, 0.1) is 4.77 Å². The fraction of sp³-hybridized carbons (Fsp3) is 0.222. The molecule has 2 aromatic heterocycles. The Morgan fingerprint density at radius 1 is 1.46 bits per heavy atom. The fourth-order valence-electron chi connectivity index (χ4n) is 2.62. The molecule has 0 aliphatic rings. The average molecular weight is 407 g/mol. The monoisotopic (exact) mass is 406 g/mol. The molecule has 0 atom stereocenters. The fourth-order valence-corrected chi connectivity index (χ4v) is 3.73. The second kappa shape index (κ2) is 8.64. The van der Waals surface area contributed by atoms with E-state index in [0.29, 0.717) is 28.0 Å². The largest absolute Gasteiger partial charge is 0.496 e. The molecule has 26 heavy (non-hydrogen) atoms. The van der Waals surface area contributed by atoms with E-state index >= 15 is 0 Å². The first-order valence-corrected chi connectivity index (χ1v) is 9.63. The van der Waals surface area contributed by atoms with Crippen LogP contribution in [-0.2, 0) is 13.2 Å². The van der Waals surface area contributed by atoms with Gasteiger partial charge in [-0.1, -0.05) is 23.7 Å². The summed E-state index contributed by atoms with van der Waals surface area (Å²) in [4.78, 5) is 7.99. The first-order valence-electron chi connectivity index (χ1n) is 7.97. The molecule has 0 unspecified atom stereocenters. The Hall–Kier alpha value is -1.93. The summed E-state index contributed by atoms with van der Waals surface area (Å²) in [6.45, 7) is 5.99. The van der Waals surface area contributed by atoms with Crippen LogP contribution in [-0.4, -0.2) is 33.3 Å². The first-order chi connectivity index (χ1) is 12.6. The minimum atomic E-state index is 0.474. The number of hydrogen-bond acceptors (Lipinski definition) is 5. The minimum absolute atomic E-state index is 0.474. The van der Waals surface area contributed by atoms with Gasteiger partial charge in [-0.15, -0.1) is 17.9 Å². The summed E-state index contributed by atoms with van der Waals surface area (Å²) in [5.74, 6) is 1.32. The summed E-state index contributed by atoms with van der Waals surface area (Å²) in [5, 5.41) is 5.95. The smallest absolute Gasteiger partial charge is 0.217 e. The van der Waals surface area contributed by atoms with Gasteiger partial charge in [0.15, 0.2) is 5.82 Å². The number of nitrogens with one attached hydrogen (secondary N) is 1. The summed E-state index contributed by atoms with van der Waals surface area (Å²) in [6, 6.07) is 9.58. The molecule has 1 N–H and O–H groups in total. The number of H-pyrrole nitrogens is 1. The molecule has 0 aliphatic heterocycles. The molecular weight excluding hydrogens is 388 g/mol. The average Bonchev–Trinajstić information content (AvgIpc) is 3.25. The van der Waals surface area contributed by atoms with E-state index < -0.39 is 0 Å². The second-order valence-electron chi connectivity index (χ2n) is 5.65. The Labute approximate surface area is 166 Å². The van der Waals surface area contributed by atoms with Crippen LogP contribution in [0.15, 0.2) is 48.4 Å². The third kappa shape index (κ3) is 4.42. The molecule has 8 heteroatoms. The summed E-state index contributed by atoms with van der Waals surface area (Å²) in [6.07, 6.45) is 1.88. The number of rotatable bonds is 8. The predicted molar refractivity (Wildman–Crippen MR) is 109 cm³/mol. The molecule has 0 saturated heterocycles. The maximum Gasteiger partial charge on any atom is 0.217 e. The molecule has 0 amide bonds. The Kier molecular flexibility index (Phi) is 6.26.